The maximum Gasteiger partial charge on any atom is 0.270 e. The number of ether oxygens (including phenoxy) is 1. The van der Waals surface area contributed by atoms with E-state index in [9.17, 15) is 9.59 Å². The van der Waals surface area contributed by atoms with Crippen LogP contribution in [-0.4, -0.2) is 33.5 Å². The standard InChI is InChI=1S/C15H14N6O3/c1-24-11-4-2-9(3-5-11)14(22)19-10-6-17-13-12(15(23)20-16)7-18-21(13)8-10/h2-8H,16H2,1H3,(H,19,22)(H,20,23). The number of carbonyl (C=O) groups is 2. The molecule has 9 heteroatoms. The van der Waals surface area contributed by atoms with Crippen LogP contribution in [0.4, 0.5) is 5.69 Å². The molecule has 0 radical (unpaired) electrons. The average molecular weight is 326 g/mol. The van der Waals surface area contributed by atoms with Crippen LogP contribution < -0.4 is 21.3 Å². The summed E-state index contributed by atoms with van der Waals surface area (Å²) in [4.78, 5) is 27.9. The van der Waals surface area contributed by atoms with Crippen molar-refractivity contribution in [2.75, 3.05) is 12.4 Å². The van der Waals surface area contributed by atoms with Crippen LogP contribution in [0, 0.1) is 0 Å². The Bertz CT molecular complexity index is 903. The molecule has 0 aliphatic carbocycles. The fourth-order valence-corrected chi connectivity index (χ4v) is 2.12. The monoisotopic (exact) mass is 326 g/mol. The SMILES string of the molecule is COc1ccc(C(=O)Nc2cnc3c(C(=O)NN)cnn3c2)cc1. The molecule has 0 saturated carbocycles. The van der Waals surface area contributed by atoms with E-state index in [1.54, 1.807) is 37.6 Å². The largest absolute Gasteiger partial charge is 0.497 e. The van der Waals surface area contributed by atoms with E-state index in [-0.39, 0.29) is 11.5 Å². The van der Waals surface area contributed by atoms with E-state index in [2.05, 4.69) is 15.4 Å². The van der Waals surface area contributed by atoms with Gasteiger partial charge in [0.2, 0.25) is 0 Å². The normalized spacial score (nSPS) is 10.4. The highest BCUT2D eigenvalue weighted by molar-refractivity contribution is 6.04. The summed E-state index contributed by atoms with van der Waals surface area (Å²) >= 11 is 0. The lowest BCUT2D eigenvalue weighted by atomic mass is 10.2. The van der Waals surface area contributed by atoms with Crippen molar-refractivity contribution in [1.29, 1.82) is 0 Å². The lowest BCUT2D eigenvalue weighted by molar-refractivity contribution is 0.0954. The Balaban J connectivity index is 1.82. The lowest BCUT2D eigenvalue weighted by Crippen LogP contribution is -2.29. The molecule has 0 aliphatic rings. The number of anilines is 1. The summed E-state index contributed by atoms with van der Waals surface area (Å²) in [6.45, 7) is 0. The molecule has 9 nitrogen and oxygen atoms in total. The highest BCUT2D eigenvalue weighted by Gasteiger charge is 2.14. The first-order chi connectivity index (χ1) is 11.6. The van der Waals surface area contributed by atoms with Crippen LogP contribution in [-0.2, 0) is 0 Å². The zero-order valence-corrected chi connectivity index (χ0v) is 12.7. The molecule has 3 aromatic rings. The van der Waals surface area contributed by atoms with Crippen LogP contribution in [0.25, 0.3) is 5.65 Å². The topological polar surface area (TPSA) is 124 Å². The molecule has 2 heterocycles. The number of nitrogens with one attached hydrogen (secondary N) is 2. The second kappa shape index (κ2) is 6.34. The van der Waals surface area contributed by atoms with Gasteiger partial charge in [0, 0.05) is 5.56 Å². The van der Waals surface area contributed by atoms with E-state index in [0.29, 0.717) is 22.6 Å². The number of nitrogen functional groups attached to an aromatic ring is 1. The molecule has 1 aromatic carbocycles. The number of carbonyl (C=O) groups excluding carboxylic acids is 2. The molecule has 3 rings (SSSR count). The second-order valence-corrected chi connectivity index (χ2v) is 4.83. The van der Waals surface area contributed by atoms with Crippen LogP contribution in [0.2, 0.25) is 0 Å². The second-order valence-electron chi connectivity index (χ2n) is 4.83. The van der Waals surface area contributed by atoms with Crippen molar-refractivity contribution in [3.8, 4) is 5.75 Å². The highest BCUT2D eigenvalue weighted by atomic mass is 16.5. The number of nitrogens with two attached hydrogens (primary N) is 1. The van der Waals surface area contributed by atoms with Gasteiger partial charge in [0.25, 0.3) is 11.8 Å². The van der Waals surface area contributed by atoms with Crippen molar-refractivity contribution >= 4 is 23.1 Å². The smallest absolute Gasteiger partial charge is 0.270 e. The zero-order chi connectivity index (χ0) is 17.1. The van der Waals surface area contributed by atoms with Gasteiger partial charge in [-0.2, -0.15) is 5.10 Å². The molecule has 0 unspecified atom stereocenters. The number of benzene rings is 1. The molecule has 0 aliphatic heterocycles. The molecule has 122 valence electrons. The minimum absolute atomic E-state index is 0.241. The Morgan fingerprint density at radius 1 is 1.17 bits per heavy atom. The Morgan fingerprint density at radius 3 is 2.58 bits per heavy atom. The Kier molecular flexibility index (Phi) is 4.08. The van der Waals surface area contributed by atoms with Crippen LogP contribution >= 0.6 is 0 Å². The Labute approximate surface area is 136 Å². The maximum atomic E-state index is 12.2. The summed E-state index contributed by atoms with van der Waals surface area (Å²) in [5, 5.41) is 6.73. The molecule has 4 N–H and O–H groups in total. The molecule has 0 fully saturated rings. The van der Waals surface area contributed by atoms with Gasteiger partial charge in [-0.3, -0.25) is 15.0 Å². The summed E-state index contributed by atoms with van der Waals surface area (Å²) in [6, 6.07) is 6.69. The molecular weight excluding hydrogens is 312 g/mol. The first kappa shape index (κ1) is 15.4. The number of nitrogens with zero attached hydrogens (tertiary/aromatic N) is 3. The van der Waals surface area contributed by atoms with E-state index in [1.807, 2.05) is 5.43 Å². The number of methoxy groups -OCH3 is 1. The number of hydrazine groups is 1. The minimum Gasteiger partial charge on any atom is -0.497 e. The van der Waals surface area contributed by atoms with Gasteiger partial charge in [-0.05, 0) is 24.3 Å². The predicted molar refractivity (Wildman–Crippen MR) is 85.6 cm³/mol. The van der Waals surface area contributed by atoms with Crippen LogP contribution in [0.3, 0.4) is 0 Å². The number of hydrogen-bond donors (Lipinski definition) is 3. The van der Waals surface area contributed by atoms with Gasteiger partial charge < -0.3 is 10.1 Å². The Hall–Kier alpha value is -3.46. The van der Waals surface area contributed by atoms with Gasteiger partial charge in [0.1, 0.15) is 11.3 Å². The molecule has 24 heavy (non-hydrogen) atoms. The predicted octanol–water partition coefficient (Wildman–Crippen LogP) is 0.594. The molecule has 0 saturated heterocycles. The van der Waals surface area contributed by atoms with Crippen LogP contribution in [0.1, 0.15) is 20.7 Å². The van der Waals surface area contributed by atoms with Crippen molar-refractivity contribution < 1.29 is 14.3 Å². The van der Waals surface area contributed by atoms with Gasteiger partial charge in [0.15, 0.2) is 5.65 Å². The van der Waals surface area contributed by atoms with Gasteiger partial charge >= 0.3 is 0 Å². The van der Waals surface area contributed by atoms with E-state index >= 15 is 0 Å². The van der Waals surface area contributed by atoms with Gasteiger partial charge in [-0.15, -0.1) is 0 Å². The first-order valence-electron chi connectivity index (χ1n) is 6.92. The van der Waals surface area contributed by atoms with E-state index in [4.69, 9.17) is 10.6 Å². The molecule has 2 amide bonds. The van der Waals surface area contributed by atoms with Gasteiger partial charge in [-0.1, -0.05) is 0 Å². The van der Waals surface area contributed by atoms with E-state index < -0.39 is 5.91 Å². The minimum atomic E-state index is -0.493. The third kappa shape index (κ3) is 2.88. The average Bonchev–Trinajstić information content (AvgIpc) is 3.04. The van der Waals surface area contributed by atoms with Crippen LogP contribution in [0.15, 0.2) is 42.9 Å². The summed E-state index contributed by atoms with van der Waals surface area (Å²) in [5.41, 5.74) is 3.51. The third-order valence-corrected chi connectivity index (χ3v) is 3.34. The maximum absolute atomic E-state index is 12.2. The molecule has 0 bridgehead atoms. The highest BCUT2D eigenvalue weighted by Crippen LogP contribution is 2.15. The zero-order valence-electron chi connectivity index (χ0n) is 12.7. The molecular formula is C15H14N6O3. The summed E-state index contributed by atoms with van der Waals surface area (Å²) < 4.78 is 6.43. The fourth-order valence-electron chi connectivity index (χ4n) is 2.12. The summed E-state index contributed by atoms with van der Waals surface area (Å²) in [5.74, 6) is 4.98. The molecule has 0 spiro atoms. The van der Waals surface area contributed by atoms with Crippen molar-refractivity contribution in [3.63, 3.8) is 0 Å². The van der Waals surface area contributed by atoms with Crippen molar-refractivity contribution in [1.82, 2.24) is 20.0 Å². The van der Waals surface area contributed by atoms with Crippen molar-refractivity contribution in [3.05, 3.63) is 54.0 Å². The Morgan fingerprint density at radius 2 is 1.92 bits per heavy atom. The lowest BCUT2D eigenvalue weighted by Gasteiger charge is -2.06. The summed E-state index contributed by atoms with van der Waals surface area (Å²) in [6.07, 6.45) is 4.34. The van der Waals surface area contributed by atoms with E-state index in [0.717, 1.165) is 0 Å². The fraction of sp³-hybridized carbons (Fsp3) is 0.0667. The van der Waals surface area contributed by atoms with E-state index in [1.165, 1.54) is 16.9 Å². The molecule has 0 atom stereocenters. The first-order valence-corrected chi connectivity index (χ1v) is 6.92. The number of aromatic nitrogens is 3. The third-order valence-electron chi connectivity index (χ3n) is 3.34. The van der Waals surface area contributed by atoms with Gasteiger partial charge in [-0.25, -0.2) is 15.3 Å². The number of hydrogen-bond acceptors (Lipinski definition) is 6. The van der Waals surface area contributed by atoms with Crippen molar-refractivity contribution in [2.45, 2.75) is 0 Å². The number of fused-ring (bicyclic) bond motifs is 1. The molecule has 2 aromatic heterocycles. The quantitative estimate of drug-likeness (QED) is 0.366. The summed E-state index contributed by atoms with van der Waals surface area (Å²) in [7, 11) is 1.55. The van der Waals surface area contributed by atoms with Gasteiger partial charge in [0.05, 0.1) is 31.4 Å². The van der Waals surface area contributed by atoms with Crippen molar-refractivity contribution in [2.24, 2.45) is 5.84 Å². The number of amides is 2. The number of rotatable bonds is 4. The van der Waals surface area contributed by atoms with Crippen LogP contribution in [0.5, 0.6) is 5.75 Å².